The molecule has 1 aliphatic carbocycles. The summed E-state index contributed by atoms with van der Waals surface area (Å²) in [5.74, 6) is 0. The van der Waals surface area contributed by atoms with Gasteiger partial charge in [0.05, 0.1) is 11.6 Å². The molecular weight excluding hydrogens is 230 g/mol. The minimum Gasteiger partial charge on any atom is -0.376 e. The van der Waals surface area contributed by atoms with Crippen LogP contribution in [-0.2, 0) is 4.74 Å². The number of ether oxygens (including phenoxy) is 1. The highest BCUT2D eigenvalue weighted by atomic mass is 32.1. The molecule has 0 aromatic carbocycles. The molecule has 96 valence electrons. The van der Waals surface area contributed by atoms with E-state index < -0.39 is 0 Å². The zero-order valence-corrected chi connectivity index (χ0v) is 11.9. The van der Waals surface area contributed by atoms with Crippen LogP contribution in [0.4, 0.5) is 0 Å². The summed E-state index contributed by atoms with van der Waals surface area (Å²) in [7, 11) is 3.92. The van der Waals surface area contributed by atoms with E-state index in [2.05, 4.69) is 31.4 Å². The summed E-state index contributed by atoms with van der Waals surface area (Å²) in [6, 6.07) is 4.79. The Hall–Kier alpha value is -0.380. The van der Waals surface area contributed by atoms with Crippen molar-refractivity contribution in [3.8, 4) is 0 Å². The van der Waals surface area contributed by atoms with E-state index in [1.807, 2.05) is 18.4 Å². The van der Waals surface area contributed by atoms with E-state index in [9.17, 15) is 0 Å². The quantitative estimate of drug-likeness (QED) is 0.884. The number of hydrogen-bond donors (Lipinski definition) is 1. The summed E-state index contributed by atoms with van der Waals surface area (Å²) in [5, 5.41) is 3.48. The van der Waals surface area contributed by atoms with E-state index in [1.54, 1.807) is 0 Å². The standard InChI is InChI=1S/C14H23NOS/c1-11-7-8-12(17-11)13(15-2)14(16-3)9-5-4-6-10-14/h7-8,13,15H,4-6,9-10H2,1-3H3. The van der Waals surface area contributed by atoms with Crippen LogP contribution in [0.25, 0.3) is 0 Å². The summed E-state index contributed by atoms with van der Waals surface area (Å²) in [6.45, 7) is 2.17. The second-order valence-corrected chi connectivity index (χ2v) is 6.32. The van der Waals surface area contributed by atoms with Crippen molar-refractivity contribution in [1.82, 2.24) is 5.32 Å². The fourth-order valence-electron chi connectivity index (χ4n) is 3.03. The minimum atomic E-state index is 0.00426. The summed E-state index contributed by atoms with van der Waals surface area (Å²) in [4.78, 5) is 2.79. The van der Waals surface area contributed by atoms with Gasteiger partial charge in [0.1, 0.15) is 0 Å². The molecule has 17 heavy (non-hydrogen) atoms. The molecule has 1 saturated carbocycles. The summed E-state index contributed by atoms with van der Waals surface area (Å²) in [6.07, 6.45) is 6.27. The second-order valence-electron chi connectivity index (χ2n) is 5.00. The molecule has 1 aliphatic rings. The van der Waals surface area contributed by atoms with Crippen LogP contribution >= 0.6 is 11.3 Å². The van der Waals surface area contributed by atoms with Gasteiger partial charge in [0.2, 0.25) is 0 Å². The molecule has 1 aromatic heterocycles. The van der Waals surface area contributed by atoms with Crippen LogP contribution in [0, 0.1) is 6.92 Å². The van der Waals surface area contributed by atoms with E-state index in [4.69, 9.17) is 4.74 Å². The molecule has 1 heterocycles. The Bertz CT molecular complexity index is 355. The van der Waals surface area contributed by atoms with Crippen molar-refractivity contribution >= 4 is 11.3 Å². The van der Waals surface area contributed by atoms with Gasteiger partial charge in [-0.1, -0.05) is 19.3 Å². The highest BCUT2D eigenvalue weighted by Gasteiger charge is 2.40. The number of rotatable bonds is 4. The molecule has 0 aliphatic heterocycles. The first-order chi connectivity index (χ1) is 8.22. The molecule has 1 atom stereocenters. The van der Waals surface area contributed by atoms with Gasteiger partial charge in [-0.3, -0.25) is 0 Å². The lowest BCUT2D eigenvalue weighted by molar-refractivity contribution is -0.0663. The summed E-state index contributed by atoms with van der Waals surface area (Å²) < 4.78 is 5.94. The third-order valence-electron chi connectivity index (χ3n) is 3.97. The van der Waals surface area contributed by atoms with Crippen molar-refractivity contribution in [1.29, 1.82) is 0 Å². The molecule has 2 nitrogen and oxygen atoms in total. The molecule has 1 aromatic rings. The van der Waals surface area contributed by atoms with Crippen molar-refractivity contribution < 1.29 is 4.74 Å². The van der Waals surface area contributed by atoms with Crippen LogP contribution in [0.15, 0.2) is 12.1 Å². The zero-order chi connectivity index (χ0) is 12.3. The molecule has 2 rings (SSSR count). The Morgan fingerprint density at radius 3 is 2.47 bits per heavy atom. The monoisotopic (exact) mass is 253 g/mol. The SMILES string of the molecule is CNC(c1ccc(C)s1)C1(OC)CCCCC1. The molecule has 0 radical (unpaired) electrons. The fourth-order valence-corrected chi connectivity index (χ4v) is 4.13. The largest absolute Gasteiger partial charge is 0.376 e. The summed E-state index contributed by atoms with van der Waals surface area (Å²) in [5.41, 5.74) is 0.00426. The van der Waals surface area contributed by atoms with Gasteiger partial charge in [-0.2, -0.15) is 0 Å². The lowest BCUT2D eigenvalue weighted by atomic mass is 9.78. The van der Waals surface area contributed by atoms with E-state index in [1.165, 1.54) is 41.9 Å². The van der Waals surface area contributed by atoms with Crippen LogP contribution in [0.2, 0.25) is 0 Å². The Morgan fingerprint density at radius 2 is 2.00 bits per heavy atom. The third kappa shape index (κ3) is 2.56. The molecule has 0 saturated heterocycles. The Balaban J connectivity index is 2.26. The van der Waals surface area contributed by atoms with E-state index in [-0.39, 0.29) is 5.60 Å². The first kappa shape index (κ1) is 13.1. The highest BCUT2D eigenvalue weighted by Crippen LogP contribution is 2.42. The van der Waals surface area contributed by atoms with Crippen molar-refractivity contribution in [3.63, 3.8) is 0 Å². The van der Waals surface area contributed by atoms with Crippen molar-refractivity contribution in [2.75, 3.05) is 14.2 Å². The minimum absolute atomic E-state index is 0.00426. The van der Waals surface area contributed by atoms with Gasteiger partial charge in [0.25, 0.3) is 0 Å². The number of nitrogens with one attached hydrogen (secondary N) is 1. The van der Waals surface area contributed by atoms with Gasteiger partial charge < -0.3 is 10.1 Å². The number of methoxy groups -OCH3 is 1. The van der Waals surface area contributed by atoms with Crippen LogP contribution in [0.3, 0.4) is 0 Å². The molecule has 3 heteroatoms. The first-order valence-corrected chi connectivity index (χ1v) is 7.32. The van der Waals surface area contributed by atoms with Crippen molar-refractivity contribution in [3.05, 3.63) is 21.9 Å². The van der Waals surface area contributed by atoms with E-state index >= 15 is 0 Å². The highest BCUT2D eigenvalue weighted by molar-refractivity contribution is 7.12. The molecular formula is C14H23NOS. The van der Waals surface area contributed by atoms with Crippen LogP contribution < -0.4 is 5.32 Å². The second kappa shape index (κ2) is 5.51. The Kier molecular flexibility index (Phi) is 4.23. The molecule has 1 unspecified atom stereocenters. The zero-order valence-electron chi connectivity index (χ0n) is 11.1. The number of likely N-dealkylation sites (N-methyl/N-ethyl adjacent to an activating group) is 1. The lowest BCUT2D eigenvalue weighted by Crippen LogP contribution is -2.45. The van der Waals surface area contributed by atoms with Gasteiger partial charge in [-0.05, 0) is 38.9 Å². The Labute approximate surface area is 108 Å². The first-order valence-electron chi connectivity index (χ1n) is 6.50. The van der Waals surface area contributed by atoms with Crippen molar-refractivity contribution in [2.24, 2.45) is 0 Å². The van der Waals surface area contributed by atoms with Crippen LogP contribution in [0.5, 0.6) is 0 Å². The fraction of sp³-hybridized carbons (Fsp3) is 0.714. The Morgan fingerprint density at radius 1 is 1.29 bits per heavy atom. The number of hydrogen-bond acceptors (Lipinski definition) is 3. The predicted molar refractivity (Wildman–Crippen MR) is 73.7 cm³/mol. The maximum Gasteiger partial charge on any atom is 0.0880 e. The maximum atomic E-state index is 5.94. The van der Waals surface area contributed by atoms with E-state index in [0.29, 0.717) is 6.04 Å². The average Bonchev–Trinajstić information content (AvgIpc) is 2.78. The molecule has 0 amide bonds. The normalized spacial score (nSPS) is 21.4. The molecule has 0 spiro atoms. The van der Waals surface area contributed by atoms with Gasteiger partial charge in [-0.15, -0.1) is 11.3 Å². The third-order valence-corrected chi connectivity index (χ3v) is 5.03. The molecule has 1 fully saturated rings. The van der Waals surface area contributed by atoms with Gasteiger partial charge in [0.15, 0.2) is 0 Å². The van der Waals surface area contributed by atoms with Crippen molar-refractivity contribution in [2.45, 2.75) is 50.7 Å². The molecule has 0 bridgehead atoms. The molecule has 1 N–H and O–H groups in total. The summed E-state index contributed by atoms with van der Waals surface area (Å²) >= 11 is 1.89. The predicted octanol–water partition coefficient (Wildman–Crippen LogP) is 3.67. The average molecular weight is 253 g/mol. The van der Waals surface area contributed by atoms with Gasteiger partial charge >= 0.3 is 0 Å². The van der Waals surface area contributed by atoms with Gasteiger partial charge in [0, 0.05) is 16.9 Å². The van der Waals surface area contributed by atoms with Crippen LogP contribution in [0.1, 0.15) is 47.9 Å². The van der Waals surface area contributed by atoms with E-state index in [0.717, 1.165) is 0 Å². The maximum absolute atomic E-state index is 5.94. The number of thiophene rings is 1. The van der Waals surface area contributed by atoms with Crippen LogP contribution in [-0.4, -0.2) is 19.8 Å². The topological polar surface area (TPSA) is 21.3 Å². The van der Waals surface area contributed by atoms with Gasteiger partial charge in [-0.25, -0.2) is 0 Å². The lowest BCUT2D eigenvalue weighted by Gasteiger charge is -2.42. The number of aryl methyl sites for hydroxylation is 1. The smallest absolute Gasteiger partial charge is 0.0880 e.